The van der Waals surface area contributed by atoms with E-state index in [0.29, 0.717) is 11.6 Å². The number of hydrogen-bond acceptors (Lipinski definition) is 7. The summed E-state index contributed by atoms with van der Waals surface area (Å²) in [6.45, 7) is 0. The van der Waals surface area contributed by atoms with Crippen molar-refractivity contribution >= 4 is 37.3 Å². The van der Waals surface area contributed by atoms with Crippen molar-refractivity contribution in [2.45, 2.75) is 4.90 Å². The molecular formula is C13H11N3O3S2. The maximum Gasteiger partial charge on any atom is 0.232 e. The predicted molar refractivity (Wildman–Crippen MR) is 81.5 cm³/mol. The molecule has 0 fully saturated rings. The third-order valence-corrected chi connectivity index (χ3v) is 4.71. The molecule has 8 heteroatoms. The summed E-state index contributed by atoms with van der Waals surface area (Å²) in [6, 6.07) is 7.97. The Balaban J connectivity index is 1.97. The summed E-state index contributed by atoms with van der Waals surface area (Å²) in [6.07, 6.45) is 1.16. The van der Waals surface area contributed by atoms with Gasteiger partial charge in [0.1, 0.15) is 10.6 Å². The van der Waals surface area contributed by atoms with Crippen LogP contribution < -0.4 is 10.5 Å². The lowest BCUT2D eigenvalue weighted by Crippen LogP contribution is -1.98. The molecule has 0 radical (unpaired) electrons. The predicted octanol–water partition coefficient (Wildman–Crippen LogP) is 2.47. The average Bonchev–Trinajstić information content (AvgIpc) is 2.86. The average molecular weight is 321 g/mol. The third kappa shape index (κ3) is 2.81. The summed E-state index contributed by atoms with van der Waals surface area (Å²) < 4.78 is 28.5. The van der Waals surface area contributed by atoms with E-state index in [1.807, 2.05) is 11.4 Å². The minimum Gasteiger partial charge on any atom is -0.438 e. The van der Waals surface area contributed by atoms with Crippen LogP contribution in [0.3, 0.4) is 0 Å². The van der Waals surface area contributed by atoms with Crippen LogP contribution in [0, 0.1) is 0 Å². The number of benzene rings is 1. The molecule has 0 aliphatic heterocycles. The molecule has 0 aliphatic carbocycles. The van der Waals surface area contributed by atoms with Crippen LogP contribution in [0.25, 0.3) is 10.2 Å². The van der Waals surface area contributed by atoms with Crippen LogP contribution in [0.15, 0.2) is 40.6 Å². The number of fused-ring (bicyclic) bond motifs is 1. The van der Waals surface area contributed by atoms with Crippen LogP contribution >= 0.6 is 11.3 Å². The van der Waals surface area contributed by atoms with E-state index in [4.69, 9.17) is 10.5 Å². The fraction of sp³-hybridized carbons (Fsp3) is 0.0769. The first-order valence-corrected chi connectivity index (χ1v) is 8.69. The first-order valence-electron chi connectivity index (χ1n) is 5.92. The Labute approximate surface area is 125 Å². The summed E-state index contributed by atoms with van der Waals surface area (Å²) >= 11 is 1.44. The van der Waals surface area contributed by atoms with Gasteiger partial charge in [-0.15, -0.1) is 11.3 Å². The zero-order chi connectivity index (χ0) is 15.0. The van der Waals surface area contributed by atoms with E-state index in [-0.39, 0.29) is 10.8 Å². The van der Waals surface area contributed by atoms with Crippen LogP contribution in [0.4, 0.5) is 5.95 Å². The van der Waals surface area contributed by atoms with E-state index in [9.17, 15) is 8.42 Å². The molecule has 0 aliphatic rings. The van der Waals surface area contributed by atoms with Gasteiger partial charge in [0.05, 0.1) is 10.3 Å². The number of ether oxygens (including phenoxy) is 1. The number of nitrogens with two attached hydrogens (primary N) is 1. The highest BCUT2D eigenvalue weighted by atomic mass is 32.2. The van der Waals surface area contributed by atoms with Crippen molar-refractivity contribution in [3.05, 3.63) is 35.7 Å². The molecular weight excluding hydrogens is 310 g/mol. The Kier molecular flexibility index (Phi) is 3.26. The zero-order valence-corrected chi connectivity index (χ0v) is 12.6. The molecule has 0 amide bonds. The lowest BCUT2D eigenvalue weighted by Gasteiger charge is -2.07. The van der Waals surface area contributed by atoms with Crippen LogP contribution in [0.2, 0.25) is 0 Å². The van der Waals surface area contributed by atoms with Gasteiger partial charge in [0.2, 0.25) is 11.8 Å². The topological polar surface area (TPSA) is 95.2 Å². The molecule has 0 bridgehead atoms. The van der Waals surface area contributed by atoms with Crippen molar-refractivity contribution in [1.82, 2.24) is 9.97 Å². The summed E-state index contributed by atoms with van der Waals surface area (Å²) in [5, 5.41) is 2.64. The monoisotopic (exact) mass is 321 g/mol. The van der Waals surface area contributed by atoms with Crippen LogP contribution in [0.1, 0.15) is 0 Å². The van der Waals surface area contributed by atoms with Gasteiger partial charge in [-0.3, -0.25) is 0 Å². The highest BCUT2D eigenvalue weighted by Gasteiger charge is 2.11. The van der Waals surface area contributed by atoms with Gasteiger partial charge in [0, 0.05) is 6.26 Å². The molecule has 0 spiro atoms. The van der Waals surface area contributed by atoms with Crippen LogP contribution in [-0.4, -0.2) is 24.6 Å². The number of sulfone groups is 1. The number of hydrogen-bond donors (Lipinski definition) is 1. The maximum absolute atomic E-state index is 11.4. The molecule has 0 atom stereocenters. The lowest BCUT2D eigenvalue weighted by atomic mass is 10.3. The molecule has 21 heavy (non-hydrogen) atoms. The van der Waals surface area contributed by atoms with Gasteiger partial charge in [0.15, 0.2) is 9.84 Å². The van der Waals surface area contributed by atoms with Gasteiger partial charge >= 0.3 is 0 Å². The third-order valence-electron chi connectivity index (χ3n) is 2.77. The van der Waals surface area contributed by atoms with Crippen LogP contribution in [0.5, 0.6) is 11.6 Å². The molecule has 3 rings (SSSR count). The number of aromatic nitrogens is 2. The van der Waals surface area contributed by atoms with Crippen molar-refractivity contribution in [3.63, 3.8) is 0 Å². The normalized spacial score (nSPS) is 11.7. The molecule has 108 valence electrons. The summed E-state index contributed by atoms with van der Waals surface area (Å²) in [7, 11) is -3.22. The largest absolute Gasteiger partial charge is 0.438 e. The zero-order valence-electron chi connectivity index (χ0n) is 11.0. The lowest BCUT2D eigenvalue weighted by molar-refractivity contribution is 0.469. The fourth-order valence-electron chi connectivity index (χ4n) is 1.79. The Morgan fingerprint density at radius 2 is 1.86 bits per heavy atom. The Bertz CT molecular complexity index is 902. The Morgan fingerprint density at radius 1 is 1.14 bits per heavy atom. The summed E-state index contributed by atoms with van der Waals surface area (Å²) in [4.78, 5) is 9.16. The molecule has 2 aromatic heterocycles. The van der Waals surface area contributed by atoms with Gasteiger partial charge in [-0.2, -0.15) is 4.98 Å². The molecule has 2 N–H and O–H groups in total. The second-order valence-electron chi connectivity index (χ2n) is 4.37. The van der Waals surface area contributed by atoms with Gasteiger partial charge in [-0.1, -0.05) is 0 Å². The van der Waals surface area contributed by atoms with E-state index >= 15 is 0 Å². The first-order chi connectivity index (χ1) is 9.93. The molecule has 0 saturated heterocycles. The Hall–Kier alpha value is -2.19. The van der Waals surface area contributed by atoms with Gasteiger partial charge in [-0.25, -0.2) is 13.4 Å². The van der Waals surface area contributed by atoms with Crippen molar-refractivity contribution in [3.8, 4) is 11.6 Å². The van der Waals surface area contributed by atoms with Gasteiger partial charge < -0.3 is 10.5 Å². The summed E-state index contributed by atoms with van der Waals surface area (Å²) in [5.41, 5.74) is 5.64. The van der Waals surface area contributed by atoms with E-state index < -0.39 is 9.84 Å². The first kappa shape index (κ1) is 13.8. The highest BCUT2D eigenvalue weighted by molar-refractivity contribution is 7.90. The molecule has 3 aromatic rings. The van der Waals surface area contributed by atoms with Crippen molar-refractivity contribution in [2.75, 3.05) is 12.0 Å². The maximum atomic E-state index is 11.4. The van der Waals surface area contributed by atoms with Gasteiger partial charge in [-0.05, 0) is 35.7 Å². The van der Waals surface area contributed by atoms with Crippen molar-refractivity contribution in [2.24, 2.45) is 0 Å². The number of anilines is 1. The van der Waals surface area contributed by atoms with E-state index in [1.54, 1.807) is 12.1 Å². The van der Waals surface area contributed by atoms with E-state index in [0.717, 1.165) is 16.5 Å². The standard InChI is InChI=1S/C13H11N3O3S2/c1-21(17,18)9-4-2-8(3-5-9)19-11-10-6-7-20-12(10)16-13(14)15-11/h2-7H,1H3,(H2,14,15,16). The second-order valence-corrected chi connectivity index (χ2v) is 7.28. The minimum absolute atomic E-state index is 0.132. The number of nitrogens with zero attached hydrogens (tertiary/aromatic N) is 2. The second kappa shape index (κ2) is 4.97. The van der Waals surface area contributed by atoms with E-state index in [2.05, 4.69) is 9.97 Å². The SMILES string of the molecule is CS(=O)(=O)c1ccc(Oc2nc(N)nc3sccc23)cc1. The smallest absolute Gasteiger partial charge is 0.232 e. The number of thiophene rings is 1. The van der Waals surface area contributed by atoms with E-state index in [1.165, 1.54) is 23.5 Å². The minimum atomic E-state index is -3.22. The fourth-order valence-corrected chi connectivity index (χ4v) is 3.18. The Morgan fingerprint density at radius 3 is 2.52 bits per heavy atom. The summed E-state index contributed by atoms with van der Waals surface area (Å²) in [5.74, 6) is 0.964. The van der Waals surface area contributed by atoms with Crippen molar-refractivity contribution in [1.29, 1.82) is 0 Å². The molecule has 2 heterocycles. The quantitative estimate of drug-likeness (QED) is 0.796. The molecule has 0 unspecified atom stereocenters. The van der Waals surface area contributed by atoms with Crippen molar-refractivity contribution < 1.29 is 13.2 Å². The molecule has 1 aromatic carbocycles. The van der Waals surface area contributed by atoms with Crippen LogP contribution in [-0.2, 0) is 9.84 Å². The number of nitrogen functional groups attached to an aromatic ring is 1. The number of rotatable bonds is 3. The molecule has 6 nitrogen and oxygen atoms in total. The molecule has 0 saturated carbocycles. The van der Waals surface area contributed by atoms with Gasteiger partial charge in [0.25, 0.3) is 0 Å². The highest BCUT2D eigenvalue weighted by Crippen LogP contribution is 2.31.